The normalized spacial score (nSPS) is 9.00. The van der Waals surface area contributed by atoms with Gasteiger partial charge >= 0.3 is 44.8 Å². The van der Waals surface area contributed by atoms with E-state index in [0.29, 0.717) is 0 Å². The summed E-state index contributed by atoms with van der Waals surface area (Å²) >= 11 is 0.414. The van der Waals surface area contributed by atoms with Crippen molar-refractivity contribution in [3.63, 3.8) is 0 Å². The van der Waals surface area contributed by atoms with Gasteiger partial charge in [0.25, 0.3) is 0 Å². The van der Waals surface area contributed by atoms with Crippen molar-refractivity contribution in [2.75, 3.05) is 0 Å². The number of rotatable bonds is 1. The average Bonchev–Trinajstić information content (AvgIpc) is 1.37. The molecule has 0 fully saturated rings. The summed E-state index contributed by atoms with van der Waals surface area (Å²) in [6.07, 6.45) is 0. The molecule has 0 amide bonds. The molecular weight excluding hydrogens is 216 g/mol. The summed E-state index contributed by atoms with van der Waals surface area (Å²) in [6.45, 7) is 0. The summed E-state index contributed by atoms with van der Waals surface area (Å²) in [5.41, 5.74) is 0. The molecule has 0 N–H and O–H groups in total. The van der Waals surface area contributed by atoms with Gasteiger partial charge in [-0.25, -0.2) is 0 Å². The molecule has 0 heterocycles. The van der Waals surface area contributed by atoms with Crippen molar-refractivity contribution >= 4 is 44.8 Å². The quantitative estimate of drug-likeness (QED) is 0.586. The Morgan fingerprint density at radius 2 is 1.25 bits per heavy atom. The molecule has 0 saturated carbocycles. The third-order valence-corrected chi connectivity index (χ3v) is 8.10. The van der Waals surface area contributed by atoms with Gasteiger partial charge in [0, 0.05) is 0 Å². The van der Waals surface area contributed by atoms with Crippen LogP contribution in [0.5, 0.6) is 0 Å². The van der Waals surface area contributed by atoms with Crippen molar-refractivity contribution in [3.8, 4) is 0 Å². The first-order chi connectivity index (χ1) is 1.91. The summed E-state index contributed by atoms with van der Waals surface area (Å²) in [5, 5.41) is 0. The summed E-state index contributed by atoms with van der Waals surface area (Å²) in [6, 6.07) is 0. The second-order valence-electron chi connectivity index (χ2n) is 0.163. The second kappa shape index (κ2) is 4.56. The van der Waals surface area contributed by atoms with Crippen molar-refractivity contribution in [1.82, 2.24) is 0 Å². The van der Waals surface area contributed by atoms with Crippen LogP contribution in [0.2, 0.25) is 0 Å². The molecule has 0 aliphatic carbocycles. The second-order valence-corrected chi connectivity index (χ2v) is 13.2. The van der Waals surface area contributed by atoms with Crippen LogP contribution in [0, 0.1) is 0 Å². The molecule has 0 unspecified atom stereocenters. The van der Waals surface area contributed by atoms with Crippen LogP contribution in [-0.4, -0.2) is 24.0 Å². The standard InChI is InChI=1S/As2S2/c3-1-2-4/i1+1,2+1. The van der Waals surface area contributed by atoms with Gasteiger partial charge in [-0.15, -0.1) is 0 Å². The predicted molar refractivity (Wildman–Crippen MR) is 26.7 cm³/mol. The number of hydrogen-bond acceptors (Lipinski definition) is 2. The third kappa shape index (κ3) is 3.56. The summed E-state index contributed by atoms with van der Waals surface area (Å²) in [5.74, 6) is 0. The fourth-order valence-electron chi connectivity index (χ4n) is 0. The van der Waals surface area contributed by atoms with Gasteiger partial charge in [0.1, 0.15) is 0 Å². The van der Waals surface area contributed by atoms with Crippen molar-refractivity contribution in [3.05, 3.63) is 0 Å². The molecule has 0 atom stereocenters. The minimum atomic E-state index is 0.207. The molecule has 0 aromatic rings. The molecule has 4 heavy (non-hydrogen) atoms. The van der Waals surface area contributed by atoms with E-state index < -0.39 is 0 Å². The van der Waals surface area contributed by atoms with E-state index in [1.807, 2.05) is 0 Å². The van der Waals surface area contributed by atoms with Crippen molar-refractivity contribution in [2.45, 2.75) is 0 Å². The Kier molecular flexibility index (Phi) is 6.33. The average molecular weight is 216 g/mol. The van der Waals surface area contributed by atoms with E-state index >= 15 is 0 Å². The Balaban J connectivity index is 2.73. The van der Waals surface area contributed by atoms with Crippen LogP contribution in [-0.2, 0) is 0 Å². The molecule has 0 spiro atoms. The molecule has 0 rings (SSSR count). The van der Waals surface area contributed by atoms with Crippen LogP contribution in [0.25, 0.3) is 0 Å². The molecule has 22 valence electrons. The van der Waals surface area contributed by atoms with Crippen LogP contribution in [0.15, 0.2) is 0 Å². The Morgan fingerprint density at radius 1 is 1.00 bits per heavy atom. The van der Waals surface area contributed by atoms with Crippen molar-refractivity contribution in [1.29, 1.82) is 0 Å². The van der Waals surface area contributed by atoms with E-state index in [-0.39, 0.29) is 24.0 Å². The molecule has 0 bridgehead atoms. The van der Waals surface area contributed by atoms with Crippen LogP contribution in [0.3, 0.4) is 0 Å². The van der Waals surface area contributed by atoms with E-state index in [0.717, 1.165) is 0 Å². The van der Waals surface area contributed by atoms with Gasteiger partial charge in [-0.3, -0.25) is 0 Å². The minimum absolute atomic E-state index is 0.207. The van der Waals surface area contributed by atoms with Gasteiger partial charge in [0.05, 0.1) is 0 Å². The summed E-state index contributed by atoms with van der Waals surface area (Å²) < 4.78 is 0. The molecule has 0 aliphatic rings. The zero-order valence-corrected chi connectivity index (χ0v) is 7.10. The topological polar surface area (TPSA) is 0 Å². The molecular formula is As2S2. The fourth-order valence-corrected chi connectivity index (χ4v) is 0. The summed E-state index contributed by atoms with van der Waals surface area (Å²) in [4.78, 5) is 0. The zero-order chi connectivity index (χ0) is 3.41. The molecule has 0 aromatic carbocycles. The van der Waals surface area contributed by atoms with E-state index in [1.165, 1.54) is 0 Å². The van der Waals surface area contributed by atoms with Gasteiger partial charge in [0.15, 0.2) is 0 Å². The van der Waals surface area contributed by atoms with Crippen LogP contribution in [0.4, 0.5) is 0 Å². The summed E-state index contributed by atoms with van der Waals surface area (Å²) in [7, 11) is 9.17. The van der Waals surface area contributed by atoms with Crippen LogP contribution < -0.4 is 0 Å². The Hall–Kier alpha value is 1.56. The van der Waals surface area contributed by atoms with E-state index in [2.05, 4.69) is 20.8 Å². The third-order valence-electron chi connectivity index (χ3n) is 0.0333. The molecule has 0 radical (unpaired) electrons. The van der Waals surface area contributed by atoms with Gasteiger partial charge in [-0.2, -0.15) is 0 Å². The zero-order valence-electron chi connectivity index (χ0n) is 1.71. The first-order valence-electron chi connectivity index (χ1n) is 0.565. The van der Waals surface area contributed by atoms with Gasteiger partial charge in [-0.05, 0) is 0 Å². The SMILES string of the molecule is S=[76As][76As]=S. The van der Waals surface area contributed by atoms with E-state index in [4.69, 9.17) is 0 Å². The maximum atomic E-state index is 4.58. The molecule has 0 saturated heterocycles. The van der Waals surface area contributed by atoms with Crippen LogP contribution in [0.1, 0.15) is 0 Å². The monoisotopic (exact) mass is 216 g/mol. The number of hydrogen-bond donors (Lipinski definition) is 0. The van der Waals surface area contributed by atoms with Crippen LogP contribution >= 0.6 is 20.8 Å². The Labute approximate surface area is 44.5 Å². The maximum absolute atomic E-state index is 4.58. The molecule has 0 nitrogen and oxygen atoms in total. The Morgan fingerprint density at radius 3 is 1.25 bits per heavy atom. The molecule has 4 heteroatoms. The van der Waals surface area contributed by atoms with Crippen molar-refractivity contribution < 1.29 is 0 Å². The fraction of sp³-hybridized carbons (Fsp3) is 0. The van der Waals surface area contributed by atoms with E-state index in [9.17, 15) is 0 Å². The first kappa shape index (κ1) is 5.56. The van der Waals surface area contributed by atoms with E-state index in [1.54, 1.807) is 0 Å². The van der Waals surface area contributed by atoms with Crippen molar-refractivity contribution in [2.24, 2.45) is 0 Å². The van der Waals surface area contributed by atoms with Gasteiger partial charge in [0.2, 0.25) is 0 Å². The van der Waals surface area contributed by atoms with Gasteiger partial charge in [-0.1, -0.05) is 0 Å². The molecule has 0 aliphatic heterocycles. The van der Waals surface area contributed by atoms with Gasteiger partial charge < -0.3 is 0 Å². The first-order valence-corrected chi connectivity index (χ1v) is 11.1. The molecule has 0 aromatic heterocycles. The Bertz CT molecular complexity index is 25.0. The predicted octanol–water partition coefficient (Wildman–Crippen LogP) is 0.535.